The highest BCUT2D eigenvalue weighted by atomic mass is 32.2. The van der Waals surface area contributed by atoms with Gasteiger partial charge in [0.1, 0.15) is 11.6 Å². The van der Waals surface area contributed by atoms with Crippen molar-refractivity contribution in [2.75, 3.05) is 0 Å². The molecule has 0 fully saturated rings. The van der Waals surface area contributed by atoms with E-state index < -0.39 is 27.1 Å². The summed E-state index contributed by atoms with van der Waals surface area (Å²) in [5, 5.41) is 3.81. The van der Waals surface area contributed by atoms with E-state index in [0.29, 0.717) is 17.0 Å². The molecule has 2 atom stereocenters. The van der Waals surface area contributed by atoms with Crippen molar-refractivity contribution in [2.24, 2.45) is 0 Å². The van der Waals surface area contributed by atoms with Crippen molar-refractivity contribution in [3.63, 3.8) is 0 Å². The van der Waals surface area contributed by atoms with E-state index in [0.717, 1.165) is 0 Å². The molecular weight excluding hydrogens is 355 g/mol. The molecule has 142 valence electrons. The van der Waals surface area contributed by atoms with Gasteiger partial charge in [0.25, 0.3) is 0 Å². The Balaban J connectivity index is 2.46. The average molecular weight is 380 g/mol. The molecule has 0 radical (unpaired) electrons. The predicted octanol–water partition coefficient (Wildman–Crippen LogP) is 3.97. The number of carbonyl (C=O) groups excluding carboxylic acids is 1. The maximum Gasteiger partial charge on any atom is 0.170 e. The van der Waals surface area contributed by atoms with Gasteiger partial charge in [0, 0.05) is 12.0 Å². The Morgan fingerprint density at radius 3 is 2.35 bits per heavy atom. The third kappa shape index (κ3) is 4.27. The van der Waals surface area contributed by atoms with E-state index >= 15 is 0 Å². The summed E-state index contributed by atoms with van der Waals surface area (Å²) in [4.78, 5) is 12.9. The van der Waals surface area contributed by atoms with E-state index in [2.05, 4.69) is 9.88 Å². The van der Waals surface area contributed by atoms with E-state index in [1.54, 1.807) is 39.0 Å². The molecule has 0 aliphatic heterocycles. The molecule has 7 heteroatoms. The number of rotatable bonds is 6. The third-order valence-corrected chi connectivity index (χ3v) is 5.92. The van der Waals surface area contributed by atoms with Crippen molar-refractivity contribution in [3.8, 4) is 0 Å². The Morgan fingerprint density at radius 2 is 1.85 bits per heavy atom. The summed E-state index contributed by atoms with van der Waals surface area (Å²) >= 11 is 0. The van der Waals surface area contributed by atoms with Crippen LogP contribution in [0.2, 0.25) is 0 Å². The number of nitrogens with zero attached hydrogens (tertiary/aromatic N) is 1. The van der Waals surface area contributed by atoms with Crippen molar-refractivity contribution >= 4 is 16.8 Å². The minimum Gasteiger partial charge on any atom is -0.361 e. The zero-order chi connectivity index (χ0) is 19.7. The Kier molecular flexibility index (Phi) is 5.82. The molecule has 2 rings (SSSR count). The quantitative estimate of drug-likeness (QED) is 0.770. The van der Waals surface area contributed by atoms with Crippen LogP contribution in [0.4, 0.5) is 4.39 Å². The summed E-state index contributed by atoms with van der Waals surface area (Å²) in [6.45, 7) is 10.5. The van der Waals surface area contributed by atoms with Gasteiger partial charge in [-0.2, -0.15) is 0 Å². The minimum atomic E-state index is -1.50. The van der Waals surface area contributed by atoms with Crippen LogP contribution in [0.5, 0.6) is 0 Å². The summed E-state index contributed by atoms with van der Waals surface area (Å²) in [7, 11) is -1.50. The number of aryl methyl sites for hydroxylation is 2. The summed E-state index contributed by atoms with van der Waals surface area (Å²) < 4.78 is 34.7. The maximum absolute atomic E-state index is 14.5. The molecule has 0 aliphatic carbocycles. The van der Waals surface area contributed by atoms with Crippen LogP contribution in [0, 0.1) is 19.7 Å². The lowest BCUT2D eigenvalue weighted by Crippen LogP contribution is -2.47. The Hall–Kier alpha value is -1.86. The first-order valence-corrected chi connectivity index (χ1v) is 9.51. The van der Waals surface area contributed by atoms with Crippen LogP contribution in [0.25, 0.3) is 0 Å². The molecule has 0 amide bonds. The molecular formula is C19H25FN2O3S. The van der Waals surface area contributed by atoms with Crippen molar-refractivity contribution in [2.45, 2.75) is 58.2 Å². The van der Waals surface area contributed by atoms with Gasteiger partial charge in [0.05, 0.1) is 32.5 Å². The van der Waals surface area contributed by atoms with Crippen LogP contribution in [-0.4, -0.2) is 19.9 Å². The highest BCUT2D eigenvalue weighted by Crippen LogP contribution is 2.31. The molecule has 2 aromatic rings. The maximum atomic E-state index is 14.5. The second kappa shape index (κ2) is 7.40. The van der Waals surface area contributed by atoms with Crippen molar-refractivity contribution in [1.29, 1.82) is 0 Å². The zero-order valence-corrected chi connectivity index (χ0v) is 16.8. The van der Waals surface area contributed by atoms with Gasteiger partial charge < -0.3 is 4.52 Å². The molecule has 1 heterocycles. The number of ketones is 1. The van der Waals surface area contributed by atoms with E-state index in [9.17, 15) is 13.4 Å². The highest BCUT2D eigenvalue weighted by Gasteiger charge is 2.37. The number of aromatic nitrogens is 1. The number of Topliss-reactive ketones (excluding diaryl/α,β-unsaturated/α-hetero) is 1. The molecule has 1 aromatic heterocycles. The third-order valence-electron chi connectivity index (χ3n) is 4.17. The molecule has 1 N–H and O–H groups in total. The van der Waals surface area contributed by atoms with E-state index in [-0.39, 0.29) is 17.8 Å². The van der Waals surface area contributed by atoms with Crippen LogP contribution in [0.3, 0.4) is 0 Å². The second-order valence-corrected chi connectivity index (χ2v) is 9.56. The van der Waals surface area contributed by atoms with Gasteiger partial charge in [-0.25, -0.2) is 13.3 Å². The first kappa shape index (κ1) is 20.5. The van der Waals surface area contributed by atoms with Crippen molar-refractivity contribution in [1.82, 2.24) is 9.88 Å². The van der Waals surface area contributed by atoms with Crippen LogP contribution >= 0.6 is 0 Å². The minimum absolute atomic E-state index is 0.0847. The number of carbonyl (C=O) groups is 1. The van der Waals surface area contributed by atoms with Gasteiger partial charge in [-0.15, -0.1) is 0 Å². The fourth-order valence-corrected chi connectivity index (χ4v) is 3.64. The van der Waals surface area contributed by atoms with Gasteiger partial charge in [-0.3, -0.25) is 4.79 Å². The normalized spacial score (nSPS) is 15.5. The second-order valence-electron chi connectivity index (χ2n) is 7.59. The zero-order valence-electron chi connectivity index (χ0n) is 16.0. The highest BCUT2D eigenvalue weighted by molar-refractivity contribution is 7.84. The summed E-state index contributed by atoms with van der Waals surface area (Å²) in [5.41, 5.74) is 0.00502. The predicted molar refractivity (Wildman–Crippen MR) is 99.7 cm³/mol. The fourth-order valence-electron chi connectivity index (χ4n) is 2.74. The number of hydrogen-bond acceptors (Lipinski definition) is 4. The Bertz CT molecular complexity index is 822. The number of hydrogen-bond donors (Lipinski definition) is 1. The van der Waals surface area contributed by atoms with Gasteiger partial charge in [0.2, 0.25) is 0 Å². The Morgan fingerprint density at radius 1 is 1.23 bits per heavy atom. The van der Waals surface area contributed by atoms with E-state index in [1.807, 2.05) is 20.8 Å². The van der Waals surface area contributed by atoms with E-state index in [4.69, 9.17) is 4.52 Å². The summed E-state index contributed by atoms with van der Waals surface area (Å²) in [6.07, 6.45) is -0.0847. The summed E-state index contributed by atoms with van der Waals surface area (Å²) in [5.74, 6) is -0.286. The number of benzene rings is 1. The van der Waals surface area contributed by atoms with Crippen molar-refractivity contribution < 1.29 is 17.9 Å². The Labute approximate surface area is 155 Å². The van der Waals surface area contributed by atoms with Gasteiger partial charge in [-0.1, -0.05) is 23.4 Å². The van der Waals surface area contributed by atoms with Crippen LogP contribution in [0.1, 0.15) is 61.5 Å². The topological polar surface area (TPSA) is 72.2 Å². The summed E-state index contributed by atoms with van der Waals surface area (Å²) in [6, 6.07) is 6.20. The lowest BCUT2D eigenvalue weighted by atomic mass is 9.85. The first-order chi connectivity index (χ1) is 12.0. The van der Waals surface area contributed by atoms with Gasteiger partial charge in [0.15, 0.2) is 5.78 Å². The number of nitrogens with one attached hydrogen (secondary N) is 1. The molecule has 26 heavy (non-hydrogen) atoms. The molecule has 0 bridgehead atoms. The molecule has 1 aromatic carbocycles. The smallest absolute Gasteiger partial charge is 0.170 e. The molecule has 0 saturated heterocycles. The lowest BCUT2D eigenvalue weighted by Gasteiger charge is -2.33. The van der Waals surface area contributed by atoms with Crippen molar-refractivity contribution in [3.05, 3.63) is 52.7 Å². The standard InChI is InChI=1S/C19H25FN2O3S/c1-12-17(13(2)25-21-12)16(23)11-19(6,22-26(24)18(3,4)5)14-9-7-8-10-15(14)20/h7-10,22H,11H2,1-6H3/t19-,26?/m0/s1. The van der Waals surface area contributed by atoms with Gasteiger partial charge in [-0.05, 0) is 47.6 Å². The van der Waals surface area contributed by atoms with E-state index in [1.165, 1.54) is 6.07 Å². The molecule has 0 spiro atoms. The molecule has 5 nitrogen and oxygen atoms in total. The average Bonchev–Trinajstić information content (AvgIpc) is 2.85. The van der Waals surface area contributed by atoms with Crippen LogP contribution in [0.15, 0.2) is 28.8 Å². The number of halogens is 1. The largest absolute Gasteiger partial charge is 0.361 e. The SMILES string of the molecule is Cc1noc(C)c1C(=O)C[C@](C)(NS(=O)C(C)(C)C)c1ccccc1F. The van der Waals surface area contributed by atoms with Crippen LogP contribution in [-0.2, 0) is 16.5 Å². The fraction of sp³-hybridized carbons (Fsp3) is 0.474. The lowest BCUT2D eigenvalue weighted by molar-refractivity contribution is 0.0947. The first-order valence-electron chi connectivity index (χ1n) is 8.36. The van der Waals surface area contributed by atoms with Gasteiger partial charge >= 0.3 is 0 Å². The molecule has 1 unspecified atom stereocenters. The van der Waals surface area contributed by atoms with Crippen LogP contribution < -0.4 is 4.72 Å². The monoisotopic (exact) mass is 380 g/mol. The molecule has 0 saturated carbocycles. The molecule has 0 aliphatic rings.